The second-order valence-electron chi connectivity index (χ2n) is 3.20. The average Bonchev–Trinajstić information content (AvgIpc) is 2.29. The predicted octanol–water partition coefficient (Wildman–Crippen LogP) is 1.03. The van der Waals surface area contributed by atoms with Gasteiger partial charge >= 0.3 is 0 Å². The van der Waals surface area contributed by atoms with E-state index >= 15 is 0 Å². The molecule has 2 heteroatoms. The van der Waals surface area contributed by atoms with Crippen molar-refractivity contribution in [1.29, 1.82) is 0 Å². The first-order valence-corrected chi connectivity index (χ1v) is 4.84. The summed E-state index contributed by atoms with van der Waals surface area (Å²) in [6.07, 6.45) is 0.0453. The predicted molar refractivity (Wildman–Crippen MR) is 55.9 cm³/mol. The largest absolute Gasteiger partial charge is 0.363 e. The van der Waals surface area contributed by atoms with Crippen LogP contribution >= 0.6 is 0 Å². The van der Waals surface area contributed by atoms with Gasteiger partial charge in [-0.15, -0.1) is 0 Å². The Morgan fingerprint density at radius 2 is 2.14 bits per heavy atom. The Labute approximate surface area is 84.3 Å². The van der Waals surface area contributed by atoms with E-state index in [1.165, 1.54) is 0 Å². The fourth-order valence-corrected chi connectivity index (χ4v) is 1.34. The van der Waals surface area contributed by atoms with Crippen LogP contribution in [0.5, 0.6) is 0 Å². The topological polar surface area (TPSA) is 21.3 Å². The van der Waals surface area contributed by atoms with Gasteiger partial charge in [0.15, 0.2) is 0 Å². The van der Waals surface area contributed by atoms with Crippen LogP contribution in [0, 0.1) is 11.8 Å². The second kappa shape index (κ2) is 4.80. The Morgan fingerprint density at radius 3 is 2.86 bits per heavy atom. The molecule has 0 amide bonds. The van der Waals surface area contributed by atoms with Crippen molar-refractivity contribution in [3.05, 3.63) is 35.9 Å². The van der Waals surface area contributed by atoms with Gasteiger partial charge in [-0.1, -0.05) is 30.0 Å². The van der Waals surface area contributed by atoms with Crippen molar-refractivity contribution < 1.29 is 4.74 Å². The third-order valence-corrected chi connectivity index (χ3v) is 2.08. The van der Waals surface area contributed by atoms with Crippen LogP contribution in [0.25, 0.3) is 0 Å². The van der Waals surface area contributed by atoms with Crippen LogP contribution in [-0.2, 0) is 4.74 Å². The third kappa shape index (κ3) is 2.59. The fourth-order valence-electron chi connectivity index (χ4n) is 1.34. The molecule has 0 radical (unpaired) electrons. The standard InChI is InChI=1S/C12H13NO/c1-2-4-11(5-3-1)6-7-12-10-13-8-9-14-12/h1-5,12-13H,8-10H2. The van der Waals surface area contributed by atoms with Gasteiger partial charge < -0.3 is 10.1 Å². The number of hydrogen-bond donors (Lipinski definition) is 1. The van der Waals surface area contributed by atoms with E-state index in [-0.39, 0.29) is 6.10 Å². The molecule has 0 aliphatic carbocycles. The molecule has 0 bridgehead atoms. The van der Waals surface area contributed by atoms with Gasteiger partial charge in [0.25, 0.3) is 0 Å². The molecule has 1 aliphatic rings. The van der Waals surface area contributed by atoms with Crippen molar-refractivity contribution in [3.8, 4) is 11.8 Å². The number of hydrogen-bond acceptors (Lipinski definition) is 2. The maximum Gasteiger partial charge on any atom is 0.131 e. The quantitative estimate of drug-likeness (QED) is 0.612. The Hall–Kier alpha value is -1.30. The highest BCUT2D eigenvalue weighted by atomic mass is 16.5. The van der Waals surface area contributed by atoms with E-state index in [0.29, 0.717) is 0 Å². The van der Waals surface area contributed by atoms with Crippen molar-refractivity contribution in [1.82, 2.24) is 5.32 Å². The molecule has 0 spiro atoms. The first-order valence-electron chi connectivity index (χ1n) is 4.84. The zero-order valence-corrected chi connectivity index (χ0v) is 7.99. The lowest BCUT2D eigenvalue weighted by molar-refractivity contribution is 0.0651. The Balaban J connectivity index is 1.99. The van der Waals surface area contributed by atoms with Crippen molar-refractivity contribution in [2.24, 2.45) is 0 Å². The number of ether oxygens (including phenoxy) is 1. The summed E-state index contributed by atoms with van der Waals surface area (Å²) in [4.78, 5) is 0. The van der Waals surface area contributed by atoms with E-state index in [1.54, 1.807) is 0 Å². The highest BCUT2D eigenvalue weighted by Gasteiger charge is 2.08. The summed E-state index contributed by atoms with van der Waals surface area (Å²) in [5.41, 5.74) is 1.04. The minimum Gasteiger partial charge on any atom is -0.363 e. The molecule has 1 aromatic rings. The molecule has 1 atom stereocenters. The fraction of sp³-hybridized carbons (Fsp3) is 0.333. The van der Waals surface area contributed by atoms with Gasteiger partial charge in [0.05, 0.1) is 6.61 Å². The highest BCUT2D eigenvalue weighted by molar-refractivity contribution is 5.34. The zero-order valence-electron chi connectivity index (χ0n) is 7.99. The maximum absolute atomic E-state index is 5.46. The van der Waals surface area contributed by atoms with Gasteiger partial charge in [0.2, 0.25) is 0 Å². The summed E-state index contributed by atoms with van der Waals surface area (Å²) >= 11 is 0. The molecule has 1 unspecified atom stereocenters. The lowest BCUT2D eigenvalue weighted by Gasteiger charge is -2.18. The molecule has 0 saturated carbocycles. The van der Waals surface area contributed by atoms with Crippen molar-refractivity contribution >= 4 is 0 Å². The van der Waals surface area contributed by atoms with Crippen molar-refractivity contribution in [3.63, 3.8) is 0 Å². The highest BCUT2D eigenvalue weighted by Crippen LogP contribution is 1.97. The molecule has 1 heterocycles. The van der Waals surface area contributed by atoms with Crippen molar-refractivity contribution in [2.45, 2.75) is 6.10 Å². The number of benzene rings is 1. The summed E-state index contributed by atoms with van der Waals surface area (Å²) in [5.74, 6) is 6.20. The van der Waals surface area contributed by atoms with E-state index in [0.717, 1.165) is 25.3 Å². The molecule has 0 aromatic heterocycles. The average molecular weight is 187 g/mol. The molecule has 1 aromatic carbocycles. The SMILES string of the molecule is C(#CC1CNCCO1)c1ccccc1. The lowest BCUT2D eigenvalue weighted by atomic mass is 10.2. The van der Waals surface area contributed by atoms with Gasteiger partial charge in [0, 0.05) is 18.7 Å². The molecule has 1 aliphatic heterocycles. The first kappa shape index (κ1) is 9.26. The minimum atomic E-state index is 0.0453. The number of rotatable bonds is 0. The van der Waals surface area contributed by atoms with Gasteiger partial charge in [-0.3, -0.25) is 0 Å². The van der Waals surface area contributed by atoms with Crippen LogP contribution in [0.3, 0.4) is 0 Å². The van der Waals surface area contributed by atoms with Crippen LogP contribution in [0.2, 0.25) is 0 Å². The molecule has 1 saturated heterocycles. The van der Waals surface area contributed by atoms with Crippen LogP contribution in [0.15, 0.2) is 30.3 Å². The van der Waals surface area contributed by atoms with E-state index < -0.39 is 0 Å². The first-order chi connectivity index (χ1) is 6.95. The summed E-state index contributed by atoms with van der Waals surface area (Å²) in [5, 5.41) is 3.24. The van der Waals surface area contributed by atoms with E-state index in [1.807, 2.05) is 30.3 Å². The lowest BCUT2D eigenvalue weighted by Crippen LogP contribution is -2.37. The summed E-state index contributed by atoms with van der Waals surface area (Å²) < 4.78 is 5.46. The smallest absolute Gasteiger partial charge is 0.131 e. The summed E-state index contributed by atoms with van der Waals surface area (Å²) in [6, 6.07) is 9.98. The summed E-state index contributed by atoms with van der Waals surface area (Å²) in [7, 11) is 0. The zero-order chi connectivity index (χ0) is 9.64. The minimum absolute atomic E-state index is 0.0453. The van der Waals surface area contributed by atoms with E-state index in [2.05, 4.69) is 17.2 Å². The molecule has 1 fully saturated rings. The molecule has 14 heavy (non-hydrogen) atoms. The molecule has 72 valence electrons. The van der Waals surface area contributed by atoms with Crippen LogP contribution in [0.4, 0.5) is 0 Å². The normalized spacial score (nSPS) is 21.0. The third-order valence-electron chi connectivity index (χ3n) is 2.08. The number of nitrogens with one attached hydrogen (secondary N) is 1. The molecule has 2 nitrogen and oxygen atoms in total. The van der Waals surface area contributed by atoms with Crippen LogP contribution < -0.4 is 5.32 Å². The Bertz CT molecular complexity index is 330. The second-order valence-corrected chi connectivity index (χ2v) is 3.20. The summed E-state index contributed by atoms with van der Waals surface area (Å²) in [6.45, 7) is 2.53. The monoisotopic (exact) mass is 187 g/mol. The van der Waals surface area contributed by atoms with Crippen LogP contribution in [0.1, 0.15) is 5.56 Å². The Kier molecular flexibility index (Phi) is 3.18. The molecular weight excluding hydrogens is 174 g/mol. The maximum atomic E-state index is 5.46. The van der Waals surface area contributed by atoms with Gasteiger partial charge in [0.1, 0.15) is 6.10 Å². The van der Waals surface area contributed by atoms with Crippen molar-refractivity contribution in [2.75, 3.05) is 19.7 Å². The molecular formula is C12H13NO. The Morgan fingerprint density at radius 1 is 1.29 bits per heavy atom. The number of morpholine rings is 1. The van der Waals surface area contributed by atoms with E-state index in [9.17, 15) is 0 Å². The van der Waals surface area contributed by atoms with Gasteiger partial charge in [-0.2, -0.15) is 0 Å². The molecule has 2 rings (SSSR count). The van der Waals surface area contributed by atoms with Crippen LogP contribution in [-0.4, -0.2) is 25.8 Å². The molecule has 1 N–H and O–H groups in total. The van der Waals surface area contributed by atoms with Gasteiger partial charge in [-0.05, 0) is 12.1 Å². The van der Waals surface area contributed by atoms with Gasteiger partial charge in [-0.25, -0.2) is 0 Å². The van der Waals surface area contributed by atoms with E-state index in [4.69, 9.17) is 4.74 Å².